The molecule has 11 heteroatoms. The molecule has 0 aromatic carbocycles. The van der Waals surface area contributed by atoms with Crippen LogP contribution in [-0.2, 0) is 0 Å². The summed E-state index contributed by atoms with van der Waals surface area (Å²) in [4.78, 5) is 43.0. The van der Waals surface area contributed by atoms with E-state index in [1.807, 2.05) is 11.1 Å². The van der Waals surface area contributed by atoms with Crippen LogP contribution < -0.4 is 10.6 Å². The van der Waals surface area contributed by atoms with Gasteiger partial charge in [-0.1, -0.05) is 12.8 Å². The quantitative estimate of drug-likeness (QED) is 0.468. The van der Waals surface area contributed by atoms with Gasteiger partial charge in [0.25, 0.3) is 11.8 Å². The van der Waals surface area contributed by atoms with Gasteiger partial charge in [0.15, 0.2) is 0 Å². The zero-order valence-corrected chi connectivity index (χ0v) is 21.8. The summed E-state index contributed by atoms with van der Waals surface area (Å²) in [5, 5.41) is 17.6. The maximum atomic E-state index is 13.1. The number of hydrogen-bond acceptors (Lipinski definition) is 8. The average molecular weight is 519 g/mol. The highest BCUT2D eigenvalue weighted by atomic mass is 16.3. The molecule has 3 aliphatic rings. The first-order valence-electron chi connectivity index (χ1n) is 13.4. The molecule has 1 unspecified atom stereocenters. The fraction of sp³-hybridized carbons (Fsp3) is 0.519. The molecule has 0 spiro atoms. The second-order valence-corrected chi connectivity index (χ2v) is 11.0. The van der Waals surface area contributed by atoms with Crippen LogP contribution in [0.15, 0.2) is 30.7 Å². The van der Waals surface area contributed by atoms with E-state index in [0.29, 0.717) is 42.0 Å². The van der Waals surface area contributed by atoms with Crippen LogP contribution >= 0.6 is 0 Å². The Morgan fingerprint density at radius 1 is 1.08 bits per heavy atom. The van der Waals surface area contributed by atoms with Gasteiger partial charge in [-0.25, -0.2) is 9.97 Å². The van der Waals surface area contributed by atoms with Gasteiger partial charge in [0, 0.05) is 76.7 Å². The van der Waals surface area contributed by atoms with Gasteiger partial charge in [-0.2, -0.15) is 4.98 Å². The summed E-state index contributed by atoms with van der Waals surface area (Å²) in [6.45, 7) is 2.52. The molecule has 200 valence electrons. The Bertz CT molecular complexity index is 1330. The Labute approximate surface area is 221 Å². The van der Waals surface area contributed by atoms with E-state index in [9.17, 15) is 14.7 Å². The number of carbonyl (C=O) groups is 2. The number of likely N-dealkylation sites (tertiary alicyclic amines) is 1. The molecule has 1 aliphatic carbocycles. The third-order valence-electron chi connectivity index (χ3n) is 8.15. The van der Waals surface area contributed by atoms with Crippen LogP contribution in [0, 0.1) is 11.8 Å². The molecule has 3 atom stereocenters. The molecule has 1 saturated carbocycles. The Morgan fingerprint density at radius 2 is 1.82 bits per heavy atom. The maximum absolute atomic E-state index is 13.1. The number of rotatable bonds is 5. The van der Waals surface area contributed by atoms with E-state index in [0.717, 1.165) is 37.0 Å². The fourth-order valence-electron chi connectivity index (χ4n) is 6.09. The van der Waals surface area contributed by atoms with Crippen molar-refractivity contribution in [3.8, 4) is 0 Å². The number of aliphatic hydroxyl groups excluding tert-OH is 1. The molecular formula is C27H34N8O3. The van der Waals surface area contributed by atoms with E-state index < -0.39 is 0 Å². The van der Waals surface area contributed by atoms with Crippen molar-refractivity contribution in [3.05, 3.63) is 41.9 Å². The van der Waals surface area contributed by atoms with Crippen LogP contribution in [0.3, 0.4) is 0 Å². The van der Waals surface area contributed by atoms with Gasteiger partial charge in [0.1, 0.15) is 11.5 Å². The number of nitrogens with zero attached hydrogens (tertiary/aromatic N) is 6. The lowest BCUT2D eigenvalue weighted by Crippen LogP contribution is -2.60. The predicted octanol–water partition coefficient (Wildman–Crippen LogP) is 2.04. The molecule has 0 radical (unpaired) electrons. The van der Waals surface area contributed by atoms with Crippen LogP contribution in [0.4, 0.5) is 11.8 Å². The third kappa shape index (κ3) is 4.49. The van der Waals surface area contributed by atoms with Gasteiger partial charge in [0.05, 0.1) is 22.6 Å². The van der Waals surface area contributed by atoms with Gasteiger partial charge in [-0.15, -0.1) is 0 Å². The zero-order valence-electron chi connectivity index (χ0n) is 21.8. The van der Waals surface area contributed by atoms with Crippen LogP contribution in [0.2, 0.25) is 0 Å². The monoisotopic (exact) mass is 518 g/mol. The van der Waals surface area contributed by atoms with E-state index in [1.54, 1.807) is 43.5 Å². The number of aliphatic hydroxyl groups is 1. The fourth-order valence-corrected chi connectivity index (χ4v) is 6.09. The van der Waals surface area contributed by atoms with Gasteiger partial charge >= 0.3 is 0 Å². The topological polar surface area (TPSA) is 129 Å². The number of fused-ring (bicyclic) bond motifs is 3. The van der Waals surface area contributed by atoms with Crippen molar-refractivity contribution in [1.29, 1.82) is 0 Å². The highest BCUT2D eigenvalue weighted by Gasteiger charge is 2.40. The average Bonchev–Trinajstić information content (AvgIpc) is 3.56. The molecule has 3 aromatic rings. The Kier molecular flexibility index (Phi) is 6.48. The summed E-state index contributed by atoms with van der Waals surface area (Å²) < 4.78 is 2.13. The molecule has 5 heterocycles. The maximum Gasteiger partial charge on any atom is 0.255 e. The molecule has 3 aromatic heterocycles. The summed E-state index contributed by atoms with van der Waals surface area (Å²) in [5.41, 5.74) is 1.85. The third-order valence-corrected chi connectivity index (χ3v) is 8.15. The van der Waals surface area contributed by atoms with Gasteiger partial charge in [-0.05, 0) is 25.0 Å². The van der Waals surface area contributed by atoms with Crippen LogP contribution in [0.25, 0.3) is 11.0 Å². The molecule has 3 fully saturated rings. The van der Waals surface area contributed by atoms with E-state index in [1.165, 1.54) is 12.8 Å². The SMILES string of the molecule is CN(C)C(=O)c1cn(C2CCCC2)c2nc(Nc3ccc(C(=O)N4C[C@H]5CNC[C@@H](C4)C5O)cn3)ncc12. The van der Waals surface area contributed by atoms with Crippen molar-refractivity contribution in [3.63, 3.8) is 0 Å². The number of carbonyl (C=O) groups excluding carboxylic acids is 2. The van der Waals surface area contributed by atoms with Crippen LogP contribution in [0.1, 0.15) is 52.4 Å². The molecule has 11 nitrogen and oxygen atoms in total. The zero-order chi connectivity index (χ0) is 26.4. The minimum atomic E-state index is -0.353. The minimum absolute atomic E-state index is 0.0594. The van der Waals surface area contributed by atoms with E-state index in [2.05, 4.69) is 25.2 Å². The number of anilines is 2. The lowest BCUT2D eigenvalue weighted by Gasteiger charge is -2.45. The minimum Gasteiger partial charge on any atom is -0.392 e. The molecule has 2 saturated heterocycles. The molecular weight excluding hydrogens is 484 g/mol. The molecule has 2 aliphatic heterocycles. The summed E-state index contributed by atoms with van der Waals surface area (Å²) >= 11 is 0. The molecule has 2 amide bonds. The lowest BCUT2D eigenvalue weighted by atomic mass is 9.82. The van der Waals surface area contributed by atoms with Gasteiger partial charge in [0.2, 0.25) is 5.95 Å². The molecule has 6 rings (SSSR count). The largest absolute Gasteiger partial charge is 0.392 e. The first kappa shape index (κ1) is 24.7. The van der Waals surface area contributed by atoms with E-state index in [4.69, 9.17) is 4.98 Å². The molecule has 3 N–H and O–H groups in total. The summed E-state index contributed by atoms with van der Waals surface area (Å²) in [6, 6.07) is 3.82. The normalized spacial score (nSPS) is 23.6. The standard InChI is InChI=1S/C27H34N8O3/c1-33(2)26(38)21-15-35(19-5-3-4-6-19)24-20(21)12-30-27(32-24)31-22-8-7-16(11-29-22)25(37)34-13-17-9-28-10-18(14-34)23(17)36/h7-8,11-12,15,17-19,23,28,36H,3-6,9-10,13-14H2,1-2H3,(H,29,30,31,32)/t17-,18+,23?. The van der Waals surface area contributed by atoms with Crippen LogP contribution in [-0.4, -0.2) is 92.6 Å². The predicted molar refractivity (Wildman–Crippen MR) is 142 cm³/mol. The highest BCUT2D eigenvalue weighted by Crippen LogP contribution is 2.34. The van der Waals surface area contributed by atoms with E-state index >= 15 is 0 Å². The van der Waals surface area contributed by atoms with Crippen molar-refractivity contribution in [2.45, 2.75) is 37.8 Å². The number of nitrogens with one attached hydrogen (secondary N) is 2. The summed E-state index contributed by atoms with van der Waals surface area (Å²) in [6.07, 6.45) is 9.30. The number of aromatic nitrogens is 4. The van der Waals surface area contributed by atoms with Crippen molar-refractivity contribution in [1.82, 2.24) is 34.6 Å². The van der Waals surface area contributed by atoms with Crippen molar-refractivity contribution < 1.29 is 14.7 Å². The van der Waals surface area contributed by atoms with Gasteiger partial charge < -0.3 is 30.1 Å². The Morgan fingerprint density at radius 3 is 2.47 bits per heavy atom. The van der Waals surface area contributed by atoms with Gasteiger partial charge in [-0.3, -0.25) is 9.59 Å². The number of hydrogen-bond donors (Lipinski definition) is 3. The Balaban J connectivity index is 1.21. The molecule has 2 bridgehead atoms. The summed E-state index contributed by atoms with van der Waals surface area (Å²) in [5.74, 6) is 0.891. The summed E-state index contributed by atoms with van der Waals surface area (Å²) in [7, 11) is 3.49. The first-order valence-corrected chi connectivity index (χ1v) is 13.4. The number of amides is 2. The van der Waals surface area contributed by atoms with E-state index in [-0.39, 0.29) is 29.8 Å². The Hall–Kier alpha value is -3.57. The van der Waals surface area contributed by atoms with Crippen molar-refractivity contribution >= 4 is 34.6 Å². The number of piperidine rings is 2. The van der Waals surface area contributed by atoms with Crippen LogP contribution in [0.5, 0.6) is 0 Å². The van der Waals surface area contributed by atoms with Crippen molar-refractivity contribution in [2.75, 3.05) is 45.6 Å². The smallest absolute Gasteiger partial charge is 0.255 e. The lowest BCUT2D eigenvalue weighted by molar-refractivity contribution is -0.0324. The van der Waals surface area contributed by atoms with Crippen molar-refractivity contribution in [2.24, 2.45) is 11.8 Å². The second kappa shape index (κ2) is 9.95. The highest BCUT2D eigenvalue weighted by molar-refractivity contribution is 6.06. The second-order valence-electron chi connectivity index (χ2n) is 11.0. The number of pyridine rings is 1. The molecule has 38 heavy (non-hydrogen) atoms. The first-order chi connectivity index (χ1) is 18.4.